The first-order chi connectivity index (χ1) is 14.8. The minimum atomic E-state index is -1.54. The van der Waals surface area contributed by atoms with Gasteiger partial charge in [0.2, 0.25) is 5.91 Å². The SMILES string of the molecule is NC(=O)c1cc(C(=O)Nc2ccc(Oc3ccccc3)cc2)c(C(=O)O)cc1C(=O)O. The Morgan fingerprint density at radius 3 is 1.77 bits per heavy atom. The zero-order chi connectivity index (χ0) is 22.5. The average molecular weight is 420 g/mol. The van der Waals surface area contributed by atoms with Crippen LogP contribution in [0.4, 0.5) is 5.69 Å². The molecule has 3 aromatic rings. The van der Waals surface area contributed by atoms with Crippen molar-refractivity contribution in [1.82, 2.24) is 0 Å². The lowest BCUT2D eigenvalue weighted by molar-refractivity contribution is 0.0689. The van der Waals surface area contributed by atoms with Crippen molar-refractivity contribution in [1.29, 1.82) is 0 Å². The van der Waals surface area contributed by atoms with Gasteiger partial charge in [0.1, 0.15) is 11.5 Å². The maximum atomic E-state index is 12.7. The van der Waals surface area contributed by atoms with Crippen LogP contribution in [0.5, 0.6) is 11.5 Å². The number of carbonyl (C=O) groups excluding carboxylic acids is 2. The first kappa shape index (κ1) is 21.1. The van der Waals surface area contributed by atoms with E-state index in [1.165, 1.54) is 12.1 Å². The van der Waals surface area contributed by atoms with Crippen LogP contribution in [0.15, 0.2) is 66.7 Å². The predicted octanol–water partition coefficient (Wildman–Crippen LogP) is 3.23. The summed E-state index contributed by atoms with van der Waals surface area (Å²) in [7, 11) is 0. The predicted molar refractivity (Wildman–Crippen MR) is 110 cm³/mol. The van der Waals surface area contributed by atoms with Gasteiger partial charge in [0.25, 0.3) is 5.91 Å². The number of nitrogens with two attached hydrogens (primary N) is 1. The summed E-state index contributed by atoms with van der Waals surface area (Å²) in [5.41, 5.74) is 3.44. The Balaban J connectivity index is 1.87. The lowest BCUT2D eigenvalue weighted by Crippen LogP contribution is -2.22. The second-order valence-electron chi connectivity index (χ2n) is 6.31. The Labute approximate surface area is 175 Å². The fraction of sp³-hybridized carbons (Fsp3) is 0. The van der Waals surface area contributed by atoms with Crippen molar-refractivity contribution in [3.63, 3.8) is 0 Å². The first-order valence-corrected chi connectivity index (χ1v) is 8.85. The van der Waals surface area contributed by atoms with E-state index in [0.717, 1.165) is 12.1 Å². The molecule has 0 unspecified atom stereocenters. The van der Waals surface area contributed by atoms with Gasteiger partial charge in [-0.25, -0.2) is 9.59 Å². The molecule has 0 heterocycles. The van der Waals surface area contributed by atoms with Gasteiger partial charge < -0.3 is 26.0 Å². The highest BCUT2D eigenvalue weighted by Gasteiger charge is 2.24. The monoisotopic (exact) mass is 420 g/mol. The average Bonchev–Trinajstić information content (AvgIpc) is 2.74. The number of aromatic carboxylic acids is 2. The summed E-state index contributed by atoms with van der Waals surface area (Å²) in [6, 6.07) is 16.9. The van der Waals surface area contributed by atoms with E-state index < -0.39 is 46.0 Å². The number of benzene rings is 3. The van der Waals surface area contributed by atoms with Gasteiger partial charge in [-0.2, -0.15) is 0 Å². The van der Waals surface area contributed by atoms with Crippen molar-refractivity contribution in [2.45, 2.75) is 0 Å². The van der Waals surface area contributed by atoms with Crippen LogP contribution in [0.2, 0.25) is 0 Å². The molecule has 3 rings (SSSR count). The number of carboxylic acid groups (broad SMARTS) is 2. The molecule has 0 aromatic heterocycles. The molecule has 31 heavy (non-hydrogen) atoms. The molecule has 3 aromatic carbocycles. The molecule has 2 amide bonds. The molecule has 0 saturated carbocycles. The molecule has 0 spiro atoms. The number of carbonyl (C=O) groups is 4. The van der Waals surface area contributed by atoms with Gasteiger partial charge in [-0.3, -0.25) is 9.59 Å². The third-order valence-corrected chi connectivity index (χ3v) is 4.22. The van der Waals surface area contributed by atoms with Crippen molar-refractivity contribution in [2.75, 3.05) is 5.32 Å². The van der Waals surface area contributed by atoms with Crippen LogP contribution in [0.3, 0.4) is 0 Å². The van der Waals surface area contributed by atoms with Crippen LogP contribution >= 0.6 is 0 Å². The summed E-state index contributed by atoms with van der Waals surface area (Å²) in [6.07, 6.45) is 0. The highest BCUT2D eigenvalue weighted by atomic mass is 16.5. The number of hydrogen-bond acceptors (Lipinski definition) is 5. The molecular weight excluding hydrogens is 404 g/mol. The van der Waals surface area contributed by atoms with E-state index in [1.54, 1.807) is 24.3 Å². The van der Waals surface area contributed by atoms with Gasteiger partial charge in [0, 0.05) is 5.69 Å². The fourth-order valence-corrected chi connectivity index (χ4v) is 2.77. The van der Waals surface area contributed by atoms with E-state index in [9.17, 15) is 29.4 Å². The first-order valence-electron chi connectivity index (χ1n) is 8.85. The standard InChI is InChI=1S/C22H16N2O7/c23-19(25)15-10-16(18(22(29)30)11-17(15)21(27)28)20(26)24-12-6-8-14(9-7-12)31-13-4-2-1-3-5-13/h1-11H,(H2,23,25)(H,24,26)(H,27,28)(H,29,30). The van der Waals surface area contributed by atoms with Crippen molar-refractivity contribution in [3.05, 3.63) is 89.0 Å². The third kappa shape index (κ3) is 4.85. The van der Waals surface area contributed by atoms with Crippen molar-refractivity contribution in [3.8, 4) is 11.5 Å². The van der Waals surface area contributed by atoms with E-state index >= 15 is 0 Å². The number of nitrogens with one attached hydrogen (secondary N) is 1. The minimum Gasteiger partial charge on any atom is -0.478 e. The maximum Gasteiger partial charge on any atom is 0.336 e. The summed E-state index contributed by atoms with van der Waals surface area (Å²) in [4.78, 5) is 47.1. The molecule has 156 valence electrons. The van der Waals surface area contributed by atoms with Crippen LogP contribution < -0.4 is 15.8 Å². The van der Waals surface area contributed by atoms with Crippen LogP contribution in [0, 0.1) is 0 Å². The lowest BCUT2D eigenvalue weighted by Gasteiger charge is -2.12. The normalized spacial score (nSPS) is 10.2. The number of carboxylic acids is 2. The van der Waals surface area contributed by atoms with Crippen molar-refractivity contribution >= 4 is 29.4 Å². The molecule has 9 nitrogen and oxygen atoms in total. The fourth-order valence-electron chi connectivity index (χ4n) is 2.77. The number of hydrogen-bond donors (Lipinski definition) is 4. The smallest absolute Gasteiger partial charge is 0.336 e. The van der Waals surface area contributed by atoms with E-state index in [4.69, 9.17) is 10.5 Å². The topological polar surface area (TPSA) is 156 Å². The number of amides is 2. The molecule has 0 radical (unpaired) electrons. The van der Waals surface area contributed by atoms with Gasteiger partial charge in [0.15, 0.2) is 0 Å². The van der Waals surface area contributed by atoms with Crippen molar-refractivity contribution < 1.29 is 34.1 Å². The molecule has 0 saturated heterocycles. The van der Waals surface area contributed by atoms with Gasteiger partial charge in [-0.15, -0.1) is 0 Å². The Kier molecular flexibility index (Phi) is 5.97. The zero-order valence-electron chi connectivity index (χ0n) is 15.9. The molecule has 0 bridgehead atoms. The summed E-state index contributed by atoms with van der Waals surface area (Å²) < 4.78 is 5.65. The van der Waals surface area contributed by atoms with E-state index in [0.29, 0.717) is 17.2 Å². The molecular formula is C22H16N2O7. The van der Waals surface area contributed by atoms with E-state index in [2.05, 4.69) is 5.32 Å². The third-order valence-electron chi connectivity index (χ3n) is 4.22. The van der Waals surface area contributed by atoms with Gasteiger partial charge in [0.05, 0.1) is 22.3 Å². The van der Waals surface area contributed by atoms with Crippen LogP contribution in [0.25, 0.3) is 0 Å². The van der Waals surface area contributed by atoms with Gasteiger partial charge >= 0.3 is 11.9 Å². The Hall–Kier alpha value is -4.66. The summed E-state index contributed by atoms with van der Waals surface area (Å²) in [6.45, 7) is 0. The highest BCUT2D eigenvalue weighted by molar-refractivity contribution is 6.14. The van der Waals surface area contributed by atoms with Gasteiger partial charge in [-0.05, 0) is 48.5 Å². The van der Waals surface area contributed by atoms with Crippen LogP contribution in [0.1, 0.15) is 41.4 Å². The molecule has 0 aliphatic heterocycles. The van der Waals surface area contributed by atoms with Crippen LogP contribution in [-0.4, -0.2) is 34.0 Å². The quantitative estimate of drug-likeness (QED) is 0.457. The summed E-state index contributed by atoms with van der Waals surface area (Å²) >= 11 is 0. The minimum absolute atomic E-state index is 0.324. The number of anilines is 1. The second-order valence-corrected chi connectivity index (χ2v) is 6.31. The molecule has 0 aliphatic rings. The van der Waals surface area contributed by atoms with E-state index in [1.807, 2.05) is 18.2 Å². The molecule has 0 fully saturated rings. The Bertz CT molecular complexity index is 1170. The molecule has 0 atom stereocenters. The van der Waals surface area contributed by atoms with Crippen molar-refractivity contribution in [2.24, 2.45) is 5.73 Å². The number of primary amides is 1. The highest BCUT2D eigenvalue weighted by Crippen LogP contribution is 2.24. The Morgan fingerprint density at radius 1 is 0.710 bits per heavy atom. The molecule has 0 aliphatic carbocycles. The van der Waals surface area contributed by atoms with Gasteiger partial charge in [-0.1, -0.05) is 18.2 Å². The largest absolute Gasteiger partial charge is 0.478 e. The number of para-hydroxylation sites is 1. The second kappa shape index (κ2) is 8.78. The van der Waals surface area contributed by atoms with E-state index in [-0.39, 0.29) is 0 Å². The van der Waals surface area contributed by atoms with Crippen LogP contribution in [-0.2, 0) is 0 Å². The molecule has 9 heteroatoms. The summed E-state index contributed by atoms with van der Waals surface area (Å²) in [5, 5.41) is 21.1. The number of rotatable bonds is 7. The Morgan fingerprint density at radius 2 is 1.23 bits per heavy atom. The molecule has 5 N–H and O–H groups in total. The number of ether oxygens (including phenoxy) is 1. The zero-order valence-corrected chi connectivity index (χ0v) is 15.9. The lowest BCUT2D eigenvalue weighted by atomic mass is 9.97. The maximum absolute atomic E-state index is 12.7. The summed E-state index contributed by atoms with van der Waals surface area (Å²) in [5.74, 6) is -3.90.